The van der Waals surface area contributed by atoms with Gasteiger partial charge < -0.3 is 28.8 Å². The van der Waals surface area contributed by atoms with Crippen molar-refractivity contribution in [3.05, 3.63) is 47.5 Å². The van der Waals surface area contributed by atoms with Gasteiger partial charge in [0, 0.05) is 23.0 Å². The standard InChI is InChI=1S/C14H18O4S.C13H16O4S/c1-16-13(15)9-17-12-5-3-4-11-10(6-7-19-2)8-18-14(11)12;1-18-6-5-9-7-17-13-10(9)3-2-4-11(13)16-8-12(14)15/h3-5,10H,6-9H2,1-2H3;2-4,9H,5-8H2,1H3,(H,14,15). The molecule has 0 bridgehead atoms. The Morgan fingerprint density at radius 2 is 1.35 bits per heavy atom. The van der Waals surface area contributed by atoms with E-state index in [1.165, 1.54) is 12.7 Å². The monoisotopic (exact) mass is 550 g/mol. The van der Waals surface area contributed by atoms with Crippen molar-refractivity contribution in [1.82, 2.24) is 0 Å². The minimum atomic E-state index is -0.982. The van der Waals surface area contributed by atoms with E-state index in [0.29, 0.717) is 42.3 Å². The minimum Gasteiger partial charge on any atom is -0.489 e. The fraction of sp³-hybridized carbons (Fsp3) is 0.481. The van der Waals surface area contributed by atoms with Gasteiger partial charge in [-0.15, -0.1) is 0 Å². The number of esters is 1. The van der Waals surface area contributed by atoms with Gasteiger partial charge in [-0.05, 0) is 49.0 Å². The lowest BCUT2D eigenvalue weighted by Gasteiger charge is -2.10. The predicted octanol–water partition coefficient (Wildman–Crippen LogP) is 4.85. The molecule has 0 fully saturated rings. The largest absolute Gasteiger partial charge is 0.489 e. The van der Waals surface area contributed by atoms with Crippen molar-refractivity contribution in [2.75, 3.05) is 57.6 Å². The summed E-state index contributed by atoms with van der Waals surface area (Å²) < 4.78 is 26.6. The van der Waals surface area contributed by atoms with Crippen LogP contribution in [0.15, 0.2) is 36.4 Å². The zero-order valence-electron chi connectivity index (χ0n) is 21.4. The number of methoxy groups -OCH3 is 1. The Morgan fingerprint density at radius 3 is 1.78 bits per heavy atom. The molecule has 2 aromatic carbocycles. The first-order valence-corrected chi connectivity index (χ1v) is 14.8. The second-order valence-electron chi connectivity index (χ2n) is 8.48. The molecule has 4 rings (SSSR count). The van der Waals surface area contributed by atoms with Crippen LogP contribution in [0.4, 0.5) is 0 Å². The number of para-hydroxylation sites is 2. The number of carboxylic acids is 1. The third-order valence-corrected chi connectivity index (χ3v) is 7.31. The molecule has 2 aromatic rings. The van der Waals surface area contributed by atoms with Gasteiger partial charge in [0.25, 0.3) is 0 Å². The van der Waals surface area contributed by atoms with E-state index >= 15 is 0 Å². The van der Waals surface area contributed by atoms with E-state index in [2.05, 4.69) is 23.3 Å². The van der Waals surface area contributed by atoms with Crippen LogP contribution in [0, 0.1) is 0 Å². The van der Waals surface area contributed by atoms with Crippen LogP contribution in [-0.4, -0.2) is 74.6 Å². The summed E-state index contributed by atoms with van der Waals surface area (Å²) >= 11 is 3.65. The van der Waals surface area contributed by atoms with Crippen LogP contribution in [0.25, 0.3) is 0 Å². The summed E-state index contributed by atoms with van der Waals surface area (Å²) in [6.07, 6.45) is 6.35. The Bertz CT molecular complexity index is 1050. The maximum atomic E-state index is 11.1. The van der Waals surface area contributed by atoms with Crippen molar-refractivity contribution < 1.29 is 38.4 Å². The molecule has 2 heterocycles. The van der Waals surface area contributed by atoms with E-state index in [1.54, 1.807) is 6.07 Å². The van der Waals surface area contributed by atoms with Crippen molar-refractivity contribution >= 4 is 35.5 Å². The molecule has 0 aromatic heterocycles. The Balaban J connectivity index is 0.000000206. The number of carboxylic acid groups (broad SMARTS) is 1. The predicted molar refractivity (Wildman–Crippen MR) is 146 cm³/mol. The van der Waals surface area contributed by atoms with Gasteiger partial charge in [-0.1, -0.05) is 24.3 Å². The van der Waals surface area contributed by atoms with Gasteiger partial charge in [-0.2, -0.15) is 23.5 Å². The molecule has 2 unspecified atom stereocenters. The highest BCUT2D eigenvalue weighted by Gasteiger charge is 2.28. The second-order valence-corrected chi connectivity index (χ2v) is 10.4. The number of hydrogen-bond donors (Lipinski definition) is 1. The van der Waals surface area contributed by atoms with Crippen molar-refractivity contribution in [2.45, 2.75) is 24.7 Å². The van der Waals surface area contributed by atoms with Gasteiger partial charge in [0.2, 0.25) is 0 Å². The summed E-state index contributed by atoms with van der Waals surface area (Å²) in [5, 5.41) is 8.62. The maximum Gasteiger partial charge on any atom is 0.343 e. The fourth-order valence-corrected chi connectivity index (χ4v) is 5.17. The number of benzene rings is 2. The molecule has 0 saturated heterocycles. The van der Waals surface area contributed by atoms with Crippen LogP contribution in [-0.2, 0) is 14.3 Å². The zero-order valence-corrected chi connectivity index (χ0v) is 23.0. The molecule has 0 spiro atoms. The third-order valence-electron chi connectivity index (χ3n) is 6.02. The highest BCUT2D eigenvalue weighted by Crippen LogP contribution is 2.43. The Morgan fingerprint density at radius 1 is 0.865 bits per heavy atom. The van der Waals surface area contributed by atoms with Crippen molar-refractivity contribution in [2.24, 2.45) is 0 Å². The molecule has 10 heteroatoms. The van der Waals surface area contributed by atoms with Crippen LogP contribution in [0.2, 0.25) is 0 Å². The molecule has 0 saturated carbocycles. The summed E-state index contributed by atoms with van der Waals surface area (Å²) in [6.45, 7) is 0.916. The van der Waals surface area contributed by atoms with E-state index in [-0.39, 0.29) is 13.2 Å². The molecule has 0 amide bonds. The average Bonchev–Trinajstić information content (AvgIpc) is 3.53. The molecule has 202 valence electrons. The van der Waals surface area contributed by atoms with Crippen molar-refractivity contribution in [1.29, 1.82) is 0 Å². The van der Waals surface area contributed by atoms with Gasteiger partial charge >= 0.3 is 11.9 Å². The SMILES string of the molecule is COC(=O)COc1cccc2c1OCC2CCSC.CSCCC1COc2c(OCC(=O)O)cccc21. The number of rotatable bonds is 12. The number of aliphatic carboxylic acids is 1. The number of ether oxygens (including phenoxy) is 5. The van der Waals surface area contributed by atoms with Gasteiger partial charge in [0.1, 0.15) is 0 Å². The van der Waals surface area contributed by atoms with Crippen LogP contribution >= 0.6 is 23.5 Å². The van der Waals surface area contributed by atoms with Crippen LogP contribution < -0.4 is 18.9 Å². The summed E-state index contributed by atoms with van der Waals surface area (Å²) in [4.78, 5) is 21.6. The molecule has 8 nitrogen and oxygen atoms in total. The first-order valence-electron chi connectivity index (χ1n) is 12.0. The summed E-state index contributed by atoms with van der Waals surface area (Å²) in [7, 11) is 1.34. The molecular formula is C27H34O8S2. The van der Waals surface area contributed by atoms with Crippen molar-refractivity contribution in [3.63, 3.8) is 0 Å². The van der Waals surface area contributed by atoms with E-state index < -0.39 is 11.9 Å². The highest BCUT2D eigenvalue weighted by molar-refractivity contribution is 7.98. The molecule has 2 atom stereocenters. The number of thioether (sulfide) groups is 2. The number of fused-ring (bicyclic) bond motifs is 2. The van der Waals surface area contributed by atoms with E-state index in [9.17, 15) is 9.59 Å². The molecular weight excluding hydrogens is 516 g/mol. The summed E-state index contributed by atoms with van der Waals surface area (Å²) in [5.41, 5.74) is 2.31. The quantitative estimate of drug-likeness (QED) is 0.369. The number of carbonyl (C=O) groups excluding carboxylic acids is 1. The van der Waals surface area contributed by atoms with Crippen LogP contribution in [0.3, 0.4) is 0 Å². The minimum absolute atomic E-state index is 0.0915. The van der Waals surface area contributed by atoms with E-state index in [4.69, 9.17) is 24.1 Å². The van der Waals surface area contributed by atoms with Crippen LogP contribution in [0.1, 0.15) is 35.8 Å². The van der Waals surface area contributed by atoms with Gasteiger partial charge in [0.05, 0.1) is 20.3 Å². The molecule has 0 radical (unpaired) electrons. The van der Waals surface area contributed by atoms with Gasteiger partial charge in [-0.25, -0.2) is 9.59 Å². The normalized spacial score (nSPS) is 16.8. The van der Waals surface area contributed by atoms with Gasteiger partial charge in [-0.3, -0.25) is 0 Å². The summed E-state index contributed by atoms with van der Waals surface area (Å²) in [5.74, 6) is 4.27. The third kappa shape index (κ3) is 8.13. The zero-order chi connectivity index (χ0) is 26.6. The molecule has 0 aliphatic carbocycles. The smallest absolute Gasteiger partial charge is 0.343 e. The second kappa shape index (κ2) is 14.9. The number of carbonyl (C=O) groups is 2. The Labute approximate surface area is 226 Å². The Kier molecular flexibility index (Phi) is 11.6. The van der Waals surface area contributed by atoms with Crippen molar-refractivity contribution in [3.8, 4) is 23.0 Å². The fourth-order valence-electron chi connectivity index (χ4n) is 4.13. The molecule has 37 heavy (non-hydrogen) atoms. The topological polar surface area (TPSA) is 101 Å². The lowest BCUT2D eigenvalue weighted by Crippen LogP contribution is -2.12. The van der Waals surface area contributed by atoms with E-state index in [0.717, 1.165) is 35.7 Å². The highest BCUT2D eigenvalue weighted by atomic mass is 32.2. The Hall–Kier alpha value is -2.72. The van der Waals surface area contributed by atoms with Crippen LogP contribution in [0.5, 0.6) is 23.0 Å². The lowest BCUT2D eigenvalue weighted by atomic mass is 9.98. The number of hydrogen-bond acceptors (Lipinski definition) is 9. The molecule has 2 aliphatic heterocycles. The average molecular weight is 551 g/mol. The first-order chi connectivity index (χ1) is 18.0. The molecule has 1 N–H and O–H groups in total. The maximum absolute atomic E-state index is 11.1. The molecule has 2 aliphatic rings. The first kappa shape index (κ1) is 28.8. The lowest BCUT2D eigenvalue weighted by molar-refractivity contribution is -0.143. The summed E-state index contributed by atoms with van der Waals surface area (Å²) in [6, 6.07) is 11.5. The van der Waals surface area contributed by atoms with Gasteiger partial charge in [0.15, 0.2) is 36.2 Å². The van der Waals surface area contributed by atoms with E-state index in [1.807, 2.05) is 47.8 Å².